The molecule has 2 aromatic rings. The van der Waals surface area contributed by atoms with Gasteiger partial charge in [-0.1, -0.05) is 80.6 Å². The van der Waals surface area contributed by atoms with Crippen molar-refractivity contribution in [2.45, 2.75) is 68.9 Å². The number of carboxylic acids is 1. The number of amides is 2. The van der Waals surface area contributed by atoms with Crippen molar-refractivity contribution < 1.29 is 24.2 Å². The zero-order chi connectivity index (χ0) is 24.4. The van der Waals surface area contributed by atoms with E-state index < -0.39 is 29.6 Å². The minimum Gasteiger partial charge on any atom is -0.480 e. The number of hydrogen-bond acceptors (Lipinski definition) is 4. The second-order valence-electron chi connectivity index (χ2n) is 10.1. The highest BCUT2D eigenvalue weighted by atomic mass is 16.5. The van der Waals surface area contributed by atoms with Crippen LogP contribution in [0.1, 0.15) is 68.4 Å². The van der Waals surface area contributed by atoms with Gasteiger partial charge in [-0.15, -0.1) is 0 Å². The Morgan fingerprint density at radius 3 is 2.11 bits per heavy atom. The molecule has 184 valence electrons. The van der Waals surface area contributed by atoms with Gasteiger partial charge in [0, 0.05) is 5.92 Å². The Hall–Kier alpha value is -3.35. The smallest absolute Gasteiger partial charge is 0.408 e. The number of fused-ring (bicyclic) bond motifs is 3. The van der Waals surface area contributed by atoms with Gasteiger partial charge in [-0.25, -0.2) is 9.59 Å². The third-order valence-corrected chi connectivity index (χ3v) is 7.70. The van der Waals surface area contributed by atoms with Gasteiger partial charge in [-0.2, -0.15) is 0 Å². The molecule has 5 rings (SSSR count). The van der Waals surface area contributed by atoms with E-state index >= 15 is 0 Å². The van der Waals surface area contributed by atoms with E-state index in [1.807, 2.05) is 24.3 Å². The molecule has 2 amide bonds. The van der Waals surface area contributed by atoms with Gasteiger partial charge in [-0.05, 0) is 47.4 Å². The van der Waals surface area contributed by atoms with Crippen molar-refractivity contribution in [3.05, 3.63) is 59.7 Å². The summed E-state index contributed by atoms with van der Waals surface area (Å²) in [5, 5.41) is 15.2. The molecule has 0 saturated heterocycles. The van der Waals surface area contributed by atoms with Crippen LogP contribution in [0.25, 0.3) is 11.1 Å². The first-order valence-electron chi connectivity index (χ1n) is 12.6. The fraction of sp³-hybridized carbons (Fsp3) is 0.464. The quantitative estimate of drug-likeness (QED) is 0.517. The molecule has 0 aromatic heterocycles. The number of carbonyl (C=O) groups is 3. The molecule has 7 heteroatoms. The minimum atomic E-state index is -1.14. The fourth-order valence-electron chi connectivity index (χ4n) is 5.60. The summed E-state index contributed by atoms with van der Waals surface area (Å²) < 4.78 is 5.70. The molecule has 3 aliphatic rings. The number of aliphatic carboxylic acids is 1. The lowest BCUT2D eigenvalue weighted by Crippen LogP contribution is -2.62. The Morgan fingerprint density at radius 2 is 1.54 bits per heavy atom. The van der Waals surface area contributed by atoms with Crippen LogP contribution in [-0.4, -0.2) is 41.3 Å². The lowest BCUT2D eigenvalue weighted by Gasteiger charge is -2.37. The van der Waals surface area contributed by atoms with E-state index in [-0.39, 0.29) is 12.5 Å². The van der Waals surface area contributed by atoms with Crippen molar-refractivity contribution >= 4 is 18.0 Å². The first-order valence-corrected chi connectivity index (χ1v) is 12.6. The second-order valence-corrected chi connectivity index (χ2v) is 10.1. The van der Waals surface area contributed by atoms with Gasteiger partial charge in [0.1, 0.15) is 18.2 Å². The van der Waals surface area contributed by atoms with Crippen molar-refractivity contribution in [2.24, 2.45) is 5.92 Å². The molecule has 3 N–H and O–H groups in total. The zero-order valence-corrected chi connectivity index (χ0v) is 19.8. The van der Waals surface area contributed by atoms with Crippen molar-refractivity contribution in [1.82, 2.24) is 10.6 Å². The summed E-state index contributed by atoms with van der Waals surface area (Å²) in [6.07, 6.45) is 5.30. The lowest BCUT2D eigenvalue weighted by atomic mass is 9.80. The Bertz CT molecular complexity index is 1070. The van der Waals surface area contributed by atoms with Crippen LogP contribution in [0.2, 0.25) is 0 Å². The van der Waals surface area contributed by atoms with Gasteiger partial charge in [0.2, 0.25) is 5.91 Å². The molecule has 0 aliphatic heterocycles. The zero-order valence-electron chi connectivity index (χ0n) is 19.8. The Morgan fingerprint density at radius 1 is 0.943 bits per heavy atom. The summed E-state index contributed by atoms with van der Waals surface area (Å²) in [6, 6.07) is 15.3. The van der Waals surface area contributed by atoms with Crippen LogP contribution in [0, 0.1) is 5.92 Å². The second kappa shape index (κ2) is 9.72. The maximum Gasteiger partial charge on any atom is 0.408 e. The van der Waals surface area contributed by atoms with Crippen LogP contribution in [-0.2, 0) is 14.3 Å². The standard InChI is InChI=1S/C28H32N2O5/c31-25(32)24(16-18-12-13-18)29-26(33)28(14-6-1-7-15-28)30-27(34)35-17-23-21-10-4-2-8-19(21)20-9-3-5-11-22(20)23/h2-5,8-11,18,23-24H,1,6-7,12-17H2,(H,29,33)(H,30,34)(H,31,32)/t24-/m0/s1. The molecule has 2 aromatic carbocycles. The topological polar surface area (TPSA) is 105 Å². The minimum absolute atomic E-state index is 0.0702. The molecular weight excluding hydrogens is 444 g/mol. The third-order valence-electron chi connectivity index (χ3n) is 7.70. The number of hydrogen-bond donors (Lipinski definition) is 3. The average Bonchev–Trinajstić information content (AvgIpc) is 3.63. The van der Waals surface area contributed by atoms with Crippen LogP contribution < -0.4 is 10.6 Å². The molecule has 0 unspecified atom stereocenters. The molecular formula is C28H32N2O5. The normalized spacial score (nSPS) is 19.2. The predicted molar refractivity (Wildman–Crippen MR) is 131 cm³/mol. The van der Waals surface area contributed by atoms with E-state index in [0.717, 1.165) is 54.4 Å². The van der Waals surface area contributed by atoms with Crippen molar-refractivity contribution in [3.63, 3.8) is 0 Å². The van der Waals surface area contributed by atoms with Gasteiger partial charge in [-0.3, -0.25) is 4.79 Å². The molecule has 0 spiro atoms. The summed E-state index contributed by atoms with van der Waals surface area (Å²) in [6.45, 7) is 0.164. The maximum absolute atomic E-state index is 13.3. The number of carboxylic acid groups (broad SMARTS) is 1. The number of ether oxygens (including phenoxy) is 1. The predicted octanol–water partition coefficient (Wildman–Crippen LogP) is 4.60. The molecule has 0 heterocycles. The Kier molecular flexibility index (Phi) is 6.50. The molecule has 35 heavy (non-hydrogen) atoms. The largest absolute Gasteiger partial charge is 0.480 e. The molecule has 3 aliphatic carbocycles. The van der Waals surface area contributed by atoms with Crippen LogP contribution >= 0.6 is 0 Å². The van der Waals surface area contributed by atoms with E-state index in [1.165, 1.54) is 0 Å². The summed E-state index contributed by atoms with van der Waals surface area (Å²) in [5.41, 5.74) is 3.40. The number of alkyl carbamates (subject to hydrolysis) is 1. The molecule has 7 nitrogen and oxygen atoms in total. The van der Waals surface area contributed by atoms with Gasteiger partial charge >= 0.3 is 12.1 Å². The van der Waals surface area contributed by atoms with E-state index in [1.54, 1.807) is 0 Å². The average molecular weight is 477 g/mol. The fourth-order valence-corrected chi connectivity index (χ4v) is 5.60. The van der Waals surface area contributed by atoms with Crippen LogP contribution in [0.15, 0.2) is 48.5 Å². The summed E-state index contributed by atoms with van der Waals surface area (Å²) >= 11 is 0. The van der Waals surface area contributed by atoms with E-state index in [0.29, 0.717) is 25.2 Å². The number of carbonyl (C=O) groups excluding carboxylic acids is 2. The Labute approximate surface area is 205 Å². The maximum atomic E-state index is 13.3. The number of benzene rings is 2. The van der Waals surface area contributed by atoms with Gasteiger partial charge < -0.3 is 20.5 Å². The summed E-state index contributed by atoms with van der Waals surface area (Å²) in [5.74, 6) is -1.16. The molecule has 2 saturated carbocycles. The first-order chi connectivity index (χ1) is 17.0. The van der Waals surface area contributed by atoms with Crippen LogP contribution in [0.3, 0.4) is 0 Å². The van der Waals surface area contributed by atoms with Gasteiger partial charge in [0.15, 0.2) is 0 Å². The Balaban J connectivity index is 1.27. The summed E-state index contributed by atoms with van der Waals surface area (Å²) in [4.78, 5) is 38.0. The van der Waals surface area contributed by atoms with Crippen LogP contribution in [0.4, 0.5) is 4.79 Å². The number of nitrogens with one attached hydrogen (secondary N) is 2. The van der Waals surface area contributed by atoms with E-state index in [9.17, 15) is 19.5 Å². The monoisotopic (exact) mass is 476 g/mol. The molecule has 2 fully saturated rings. The molecule has 1 atom stereocenters. The first kappa shape index (κ1) is 23.4. The highest BCUT2D eigenvalue weighted by Gasteiger charge is 2.43. The highest BCUT2D eigenvalue weighted by molar-refractivity contribution is 5.93. The van der Waals surface area contributed by atoms with Crippen molar-refractivity contribution in [3.8, 4) is 11.1 Å². The lowest BCUT2D eigenvalue weighted by molar-refractivity contribution is -0.143. The SMILES string of the molecule is O=C(NC1(C(=O)N[C@@H](CC2CC2)C(=O)O)CCCCC1)OCC1c2ccccc2-c2ccccc21. The van der Waals surface area contributed by atoms with Gasteiger partial charge in [0.05, 0.1) is 0 Å². The van der Waals surface area contributed by atoms with Gasteiger partial charge in [0.25, 0.3) is 0 Å². The van der Waals surface area contributed by atoms with E-state index in [2.05, 4.69) is 34.9 Å². The highest BCUT2D eigenvalue weighted by Crippen LogP contribution is 2.44. The van der Waals surface area contributed by atoms with Crippen LogP contribution in [0.5, 0.6) is 0 Å². The third kappa shape index (κ3) is 4.90. The molecule has 0 bridgehead atoms. The number of rotatable bonds is 8. The summed E-state index contributed by atoms with van der Waals surface area (Å²) in [7, 11) is 0. The molecule has 0 radical (unpaired) electrons. The van der Waals surface area contributed by atoms with Crippen molar-refractivity contribution in [1.29, 1.82) is 0 Å². The van der Waals surface area contributed by atoms with E-state index in [4.69, 9.17) is 4.74 Å². The van der Waals surface area contributed by atoms with Crippen molar-refractivity contribution in [2.75, 3.05) is 6.61 Å².